The minimum Gasteiger partial charge on any atom is -0.392 e. The quantitative estimate of drug-likeness (QED) is 0.542. The van der Waals surface area contributed by atoms with Gasteiger partial charge in [-0.2, -0.15) is 11.8 Å². The summed E-state index contributed by atoms with van der Waals surface area (Å²) in [4.78, 5) is 21.2. The monoisotopic (exact) mass is 296 g/mol. The molecule has 2 rings (SSSR count). The van der Waals surface area contributed by atoms with Crippen LogP contribution < -0.4 is 10.9 Å². The number of aliphatic hydroxyl groups excluding tert-OH is 1. The van der Waals surface area contributed by atoms with Crippen LogP contribution in [0.4, 0.5) is 0 Å². The lowest BCUT2D eigenvalue weighted by Crippen LogP contribution is -2.26. The van der Waals surface area contributed by atoms with Gasteiger partial charge in [0, 0.05) is 24.8 Å². The average Bonchev–Trinajstić information content (AvgIpc) is 2.84. The first-order valence-corrected chi connectivity index (χ1v) is 7.88. The normalized spacial score (nSPS) is 12.9. The zero-order valence-corrected chi connectivity index (χ0v) is 12.3. The van der Waals surface area contributed by atoms with Crippen LogP contribution in [0.3, 0.4) is 0 Å². The standard InChI is InChI=1S/C13H20N4O2S/c1-2-20-4-3-10(18)7-14-5-9-6-15-12-11(9)16-8-17-13(12)19/h6,8,10,14-15,18H,2-5,7H2,1H3,(H,16,17,19)/t10-/m0/s1. The first kappa shape index (κ1) is 15.1. The number of H-pyrrole nitrogens is 2. The Hall–Kier alpha value is -1.31. The fraction of sp³-hybridized carbons (Fsp3) is 0.538. The van der Waals surface area contributed by atoms with Crippen LogP contribution in [-0.2, 0) is 6.54 Å². The minimum atomic E-state index is -0.337. The van der Waals surface area contributed by atoms with E-state index in [1.807, 2.05) is 11.8 Å². The molecule has 0 amide bonds. The number of rotatable bonds is 8. The maximum atomic E-state index is 11.5. The number of hydrogen-bond acceptors (Lipinski definition) is 5. The lowest BCUT2D eigenvalue weighted by molar-refractivity contribution is 0.168. The van der Waals surface area contributed by atoms with Crippen LogP contribution in [0.2, 0.25) is 0 Å². The van der Waals surface area contributed by atoms with Crippen LogP contribution in [0.5, 0.6) is 0 Å². The number of aromatic nitrogens is 3. The van der Waals surface area contributed by atoms with Crippen LogP contribution in [-0.4, -0.2) is 44.2 Å². The third-order valence-corrected chi connectivity index (χ3v) is 3.98. The second-order valence-corrected chi connectivity index (χ2v) is 5.93. The van der Waals surface area contributed by atoms with Crippen LogP contribution >= 0.6 is 11.8 Å². The highest BCUT2D eigenvalue weighted by Crippen LogP contribution is 2.11. The first-order chi connectivity index (χ1) is 9.72. The topological polar surface area (TPSA) is 93.8 Å². The van der Waals surface area contributed by atoms with Gasteiger partial charge in [-0.3, -0.25) is 4.79 Å². The molecule has 1 atom stereocenters. The number of hydrogen-bond donors (Lipinski definition) is 4. The molecule has 0 saturated heterocycles. The van der Waals surface area contributed by atoms with Gasteiger partial charge in [0.25, 0.3) is 5.56 Å². The molecule has 6 nitrogen and oxygen atoms in total. The van der Waals surface area contributed by atoms with Gasteiger partial charge >= 0.3 is 0 Å². The number of fused-ring (bicyclic) bond motifs is 1. The third kappa shape index (κ3) is 3.84. The van der Waals surface area contributed by atoms with E-state index in [4.69, 9.17) is 0 Å². The van der Waals surface area contributed by atoms with Crippen molar-refractivity contribution in [2.24, 2.45) is 0 Å². The van der Waals surface area contributed by atoms with E-state index in [0.29, 0.717) is 24.1 Å². The summed E-state index contributed by atoms with van der Waals surface area (Å²) in [6.45, 7) is 3.23. The van der Waals surface area contributed by atoms with E-state index in [2.05, 4.69) is 27.2 Å². The molecule has 0 unspecified atom stereocenters. The molecule has 0 aromatic carbocycles. The molecule has 110 valence electrons. The van der Waals surface area contributed by atoms with E-state index in [0.717, 1.165) is 23.5 Å². The molecule has 0 aliphatic carbocycles. The van der Waals surface area contributed by atoms with Gasteiger partial charge in [0.2, 0.25) is 0 Å². The SMILES string of the molecule is CCSCC[C@H](O)CNCc1c[nH]c2c(=O)[nH]cnc12. The largest absolute Gasteiger partial charge is 0.392 e. The van der Waals surface area contributed by atoms with Crippen molar-refractivity contribution in [1.82, 2.24) is 20.3 Å². The number of nitrogens with zero attached hydrogens (tertiary/aromatic N) is 1. The van der Waals surface area contributed by atoms with E-state index >= 15 is 0 Å². The Balaban J connectivity index is 1.84. The molecule has 0 bridgehead atoms. The number of aliphatic hydroxyl groups is 1. The molecule has 20 heavy (non-hydrogen) atoms. The summed E-state index contributed by atoms with van der Waals surface area (Å²) in [7, 11) is 0. The zero-order valence-electron chi connectivity index (χ0n) is 11.5. The molecule has 4 N–H and O–H groups in total. The van der Waals surface area contributed by atoms with Crippen molar-refractivity contribution in [2.75, 3.05) is 18.1 Å². The Morgan fingerprint density at radius 2 is 2.35 bits per heavy atom. The molecule has 7 heteroatoms. The van der Waals surface area contributed by atoms with Crippen molar-refractivity contribution >= 4 is 22.8 Å². The predicted molar refractivity (Wildman–Crippen MR) is 82.0 cm³/mol. The fourth-order valence-corrected chi connectivity index (χ4v) is 2.71. The Morgan fingerprint density at radius 3 is 3.15 bits per heavy atom. The zero-order chi connectivity index (χ0) is 14.4. The summed E-state index contributed by atoms with van der Waals surface area (Å²) < 4.78 is 0. The van der Waals surface area contributed by atoms with Crippen molar-refractivity contribution in [1.29, 1.82) is 0 Å². The lowest BCUT2D eigenvalue weighted by atomic mass is 10.2. The maximum Gasteiger partial charge on any atom is 0.275 e. The predicted octanol–water partition coefficient (Wildman–Crippen LogP) is 0.845. The fourth-order valence-electron chi connectivity index (χ4n) is 1.98. The van der Waals surface area contributed by atoms with Crippen molar-refractivity contribution in [3.63, 3.8) is 0 Å². The Kier molecular flexibility index (Phi) is 5.63. The molecule has 0 fully saturated rings. The third-order valence-electron chi connectivity index (χ3n) is 3.04. The Bertz CT molecular complexity index is 595. The summed E-state index contributed by atoms with van der Waals surface area (Å²) in [6, 6.07) is 0. The molecular formula is C13H20N4O2S. The summed E-state index contributed by atoms with van der Waals surface area (Å²) in [5.41, 5.74) is 1.93. The summed E-state index contributed by atoms with van der Waals surface area (Å²) in [6.07, 6.45) is 3.63. The first-order valence-electron chi connectivity index (χ1n) is 6.72. The highest BCUT2D eigenvalue weighted by Gasteiger charge is 2.08. The van der Waals surface area contributed by atoms with E-state index in [1.54, 1.807) is 6.20 Å². The van der Waals surface area contributed by atoms with Crippen molar-refractivity contribution < 1.29 is 5.11 Å². The van der Waals surface area contributed by atoms with Gasteiger partial charge in [0.1, 0.15) is 5.52 Å². The van der Waals surface area contributed by atoms with Gasteiger partial charge in [0.05, 0.1) is 17.9 Å². The van der Waals surface area contributed by atoms with E-state index < -0.39 is 0 Å². The second-order valence-electron chi connectivity index (χ2n) is 4.54. The van der Waals surface area contributed by atoms with Crippen LogP contribution in [0.15, 0.2) is 17.3 Å². The van der Waals surface area contributed by atoms with Crippen LogP contribution in [0.1, 0.15) is 18.9 Å². The molecule has 2 heterocycles. The van der Waals surface area contributed by atoms with Crippen LogP contribution in [0, 0.1) is 0 Å². The molecule has 2 aromatic rings. The molecule has 0 saturated carbocycles. The van der Waals surface area contributed by atoms with E-state index in [-0.39, 0.29) is 11.7 Å². The molecule has 0 spiro atoms. The van der Waals surface area contributed by atoms with Gasteiger partial charge in [0.15, 0.2) is 0 Å². The summed E-state index contributed by atoms with van der Waals surface area (Å²) in [5, 5.41) is 13.0. The second kappa shape index (κ2) is 7.47. The number of thioether (sulfide) groups is 1. The van der Waals surface area contributed by atoms with Gasteiger partial charge < -0.3 is 20.4 Å². The van der Waals surface area contributed by atoms with Gasteiger partial charge in [-0.15, -0.1) is 0 Å². The molecule has 0 aliphatic heterocycles. The average molecular weight is 296 g/mol. The minimum absolute atomic E-state index is 0.169. The molecular weight excluding hydrogens is 276 g/mol. The molecule has 2 aromatic heterocycles. The highest BCUT2D eigenvalue weighted by molar-refractivity contribution is 7.99. The lowest BCUT2D eigenvalue weighted by Gasteiger charge is -2.10. The van der Waals surface area contributed by atoms with E-state index in [9.17, 15) is 9.90 Å². The molecule has 0 aliphatic rings. The van der Waals surface area contributed by atoms with Crippen molar-refractivity contribution in [3.05, 3.63) is 28.4 Å². The van der Waals surface area contributed by atoms with Gasteiger partial charge in [-0.25, -0.2) is 4.98 Å². The van der Waals surface area contributed by atoms with Crippen molar-refractivity contribution in [3.8, 4) is 0 Å². The highest BCUT2D eigenvalue weighted by atomic mass is 32.2. The van der Waals surface area contributed by atoms with Crippen molar-refractivity contribution in [2.45, 2.75) is 26.0 Å². The summed E-state index contributed by atoms with van der Waals surface area (Å²) >= 11 is 1.83. The molecule has 0 radical (unpaired) electrons. The number of aromatic amines is 2. The Morgan fingerprint density at radius 1 is 1.50 bits per heavy atom. The van der Waals surface area contributed by atoms with Crippen LogP contribution in [0.25, 0.3) is 11.0 Å². The van der Waals surface area contributed by atoms with Gasteiger partial charge in [-0.05, 0) is 17.9 Å². The smallest absolute Gasteiger partial charge is 0.275 e. The van der Waals surface area contributed by atoms with E-state index in [1.165, 1.54) is 6.33 Å². The summed E-state index contributed by atoms with van der Waals surface area (Å²) in [5.74, 6) is 2.05. The maximum absolute atomic E-state index is 11.5. The number of nitrogens with one attached hydrogen (secondary N) is 3. The van der Waals surface area contributed by atoms with Gasteiger partial charge in [-0.1, -0.05) is 6.92 Å². The Labute approximate surface area is 121 Å².